The molecule has 1 aliphatic heterocycles. The maximum Gasteiger partial charge on any atom is 0.151 e. The number of anilines is 2. The van der Waals surface area contributed by atoms with Crippen molar-refractivity contribution in [1.29, 1.82) is 0 Å². The molecule has 0 saturated carbocycles. The van der Waals surface area contributed by atoms with Crippen LogP contribution in [0.5, 0.6) is 11.5 Å². The van der Waals surface area contributed by atoms with Gasteiger partial charge < -0.3 is 10.1 Å². The maximum atomic E-state index is 6.25. The summed E-state index contributed by atoms with van der Waals surface area (Å²) < 4.78 is 6.25. The highest BCUT2D eigenvalue weighted by Gasteiger charge is 2.21. The van der Waals surface area contributed by atoms with Crippen molar-refractivity contribution in [1.82, 2.24) is 4.98 Å². The smallest absolute Gasteiger partial charge is 0.151 e. The minimum absolute atomic E-state index is 0.101. The normalized spacial score (nSPS) is 12.5. The van der Waals surface area contributed by atoms with Crippen LogP contribution in [0.4, 0.5) is 11.4 Å². The Morgan fingerprint density at radius 3 is 1.61 bits per heavy atom. The summed E-state index contributed by atoms with van der Waals surface area (Å²) in [6.07, 6.45) is 0. The molecule has 0 saturated heterocycles. The largest absolute Gasteiger partial charge is 0.453 e. The van der Waals surface area contributed by atoms with Crippen molar-refractivity contribution in [2.24, 2.45) is 0 Å². The van der Waals surface area contributed by atoms with Crippen LogP contribution in [0.3, 0.4) is 0 Å². The van der Waals surface area contributed by atoms with Gasteiger partial charge >= 0.3 is 0 Å². The molecule has 3 heteroatoms. The molecule has 0 aliphatic carbocycles. The Kier molecular flexibility index (Phi) is 7.28. The number of pyridine rings is 1. The van der Waals surface area contributed by atoms with Gasteiger partial charge in [0.2, 0.25) is 0 Å². The van der Waals surface area contributed by atoms with Crippen LogP contribution in [0.25, 0.3) is 44.8 Å². The zero-order valence-corrected chi connectivity index (χ0v) is 27.5. The molecule has 0 fully saturated rings. The van der Waals surface area contributed by atoms with E-state index >= 15 is 0 Å². The van der Waals surface area contributed by atoms with Gasteiger partial charge in [0.1, 0.15) is 0 Å². The average molecular weight is 601 g/mol. The fourth-order valence-electron chi connectivity index (χ4n) is 6.05. The zero-order chi connectivity index (χ0) is 32.1. The van der Waals surface area contributed by atoms with E-state index in [4.69, 9.17) is 9.72 Å². The lowest BCUT2D eigenvalue weighted by Crippen LogP contribution is -2.10. The molecule has 7 rings (SSSR count). The predicted octanol–water partition coefficient (Wildman–Crippen LogP) is 12.2. The number of benzene rings is 5. The van der Waals surface area contributed by atoms with Gasteiger partial charge in [-0.3, -0.25) is 0 Å². The third-order valence-corrected chi connectivity index (χ3v) is 8.82. The van der Waals surface area contributed by atoms with Gasteiger partial charge in [0.15, 0.2) is 11.5 Å². The predicted molar refractivity (Wildman–Crippen MR) is 193 cm³/mol. The molecule has 1 aromatic heterocycles. The van der Waals surface area contributed by atoms with Crippen LogP contribution in [0.2, 0.25) is 0 Å². The van der Waals surface area contributed by atoms with E-state index < -0.39 is 0 Å². The third kappa shape index (κ3) is 5.81. The number of ether oxygens (including phenoxy) is 1. The van der Waals surface area contributed by atoms with Crippen molar-refractivity contribution in [3.8, 4) is 56.3 Å². The second-order valence-electron chi connectivity index (χ2n) is 14.3. The molecular formula is C43H40N2O. The van der Waals surface area contributed by atoms with Gasteiger partial charge in [0.05, 0.1) is 22.8 Å². The topological polar surface area (TPSA) is 34.1 Å². The van der Waals surface area contributed by atoms with E-state index in [1.165, 1.54) is 33.4 Å². The van der Waals surface area contributed by atoms with Gasteiger partial charge in [-0.2, -0.15) is 0 Å². The molecule has 228 valence electrons. The monoisotopic (exact) mass is 600 g/mol. The lowest BCUT2D eigenvalue weighted by atomic mass is 9.85. The summed E-state index contributed by atoms with van der Waals surface area (Å²) >= 11 is 0. The highest BCUT2D eigenvalue weighted by molar-refractivity contribution is 5.88. The Morgan fingerprint density at radius 2 is 1.00 bits per heavy atom. The first-order valence-corrected chi connectivity index (χ1v) is 16.0. The van der Waals surface area contributed by atoms with Crippen molar-refractivity contribution in [3.05, 3.63) is 139 Å². The summed E-state index contributed by atoms with van der Waals surface area (Å²) in [5.74, 6) is 1.62. The molecule has 1 aliphatic rings. The zero-order valence-electron chi connectivity index (χ0n) is 27.5. The number of hydrogen-bond donors (Lipinski definition) is 1. The Morgan fingerprint density at radius 1 is 0.478 bits per heavy atom. The first kappa shape index (κ1) is 29.6. The van der Waals surface area contributed by atoms with E-state index in [0.717, 1.165) is 45.4 Å². The van der Waals surface area contributed by atoms with Gasteiger partial charge in [0, 0.05) is 11.1 Å². The van der Waals surface area contributed by atoms with Gasteiger partial charge in [0.25, 0.3) is 0 Å². The molecule has 1 N–H and O–H groups in total. The molecule has 0 bridgehead atoms. The van der Waals surface area contributed by atoms with E-state index in [9.17, 15) is 0 Å². The van der Waals surface area contributed by atoms with Crippen LogP contribution < -0.4 is 10.1 Å². The Balaban J connectivity index is 1.33. The van der Waals surface area contributed by atoms with Gasteiger partial charge in [-0.25, -0.2) is 4.98 Å². The molecule has 0 unspecified atom stereocenters. The summed E-state index contributed by atoms with van der Waals surface area (Å²) in [7, 11) is 0. The van der Waals surface area contributed by atoms with Crippen LogP contribution in [0.15, 0.2) is 127 Å². The second kappa shape index (κ2) is 11.3. The first-order chi connectivity index (χ1) is 22.0. The summed E-state index contributed by atoms with van der Waals surface area (Å²) in [5.41, 5.74) is 13.3. The van der Waals surface area contributed by atoms with Crippen LogP contribution in [0, 0.1) is 0 Å². The second-order valence-corrected chi connectivity index (χ2v) is 14.3. The van der Waals surface area contributed by atoms with E-state index in [1.54, 1.807) is 0 Å². The van der Waals surface area contributed by atoms with Crippen molar-refractivity contribution >= 4 is 11.4 Å². The van der Waals surface area contributed by atoms with Crippen molar-refractivity contribution < 1.29 is 4.74 Å². The maximum absolute atomic E-state index is 6.25. The number of fused-ring (bicyclic) bond motifs is 2. The summed E-state index contributed by atoms with van der Waals surface area (Å²) in [6, 6.07) is 45.3. The fraction of sp³-hybridized carbons (Fsp3) is 0.186. The van der Waals surface area contributed by atoms with Crippen LogP contribution in [0.1, 0.15) is 52.7 Å². The van der Waals surface area contributed by atoms with Gasteiger partial charge in [-0.05, 0) is 92.7 Å². The Labute approximate surface area is 273 Å². The van der Waals surface area contributed by atoms with Crippen LogP contribution >= 0.6 is 0 Å². The standard InChI is InChI=1S/C43H40N2O/c1-42(2,3)33-21-17-28(18-22-33)30-25-31(29-19-23-34(24-20-29)43(4,5)6)27-32(26-30)36-13-10-14-37(44-36)35-11-9-16-40-41(35)45-38-12-7-8-15-39(38)46-40/h7-27,45H,1-6H3. The van der Waals surface area contributed by atoms with Crippen LogP contribution in [-0.2, 0) is 10.8 Å². The molecular weight excluding hydrogens is 560 g/mol. The molecule has 0 spiro atoms. The molecule has 46 heavy (non-hydrogen) atoms. The SMILES string of the molecule is CC(C)(C)c1ccc(-c2cc(-c3ccc(C(C)(C)C)cc3)cc(-c3cccc(-c4cccc5c4Nc4ccccc4O5)n3)c2)cc1. The number of hydrogen-bond acceptors (Lipinski definition) is 3. The number of aromatic nitrogens is 1. The quantitative estimate of drug-likeness (QED) is 0.218. The number of nitrogens with zero attached hydrogens (tertiary/aromatic N) is 1. The van der Waals surface area contributed by atoms with E-state index in [0.29, 0.717) is 0 Å². The fourth-order valence-corrected chi connectivity index (χ4v) is 6.05. The molecule has 6 aromatic rings. The summed E-state index contributed by atoms with van der Waals surface area (Å²) in [5, 5.41) is 3.59. The van der Waals surface area contributed by atoms with Gasteiger partial charge in [-0.1, -0.05) is 120 Å². The minimum Gasteiger partial charge on any atom is -0.453 e. The molecule has 2 heterocycles. The molecule has 0 amide bonds. The van der Waals surface area contributed by atoms with E-state index in [-0.39, 0.29) is 10.8 Å². The lowest BCUT2D eigenvalue weighted by molar-refractivity contribution is 0.481. The summed E-state index contributed by atoms with van der Waals surface area (Å²) in [4.78, 5) is 5.24. The number of para-hydroxylation sites is 3. The molecule has 3 nitrogen and oxygen atoms in total. The van der Waals surface area contributed by atoms with Crippen molar-refractivity contribution in [2.45, 2.75) is 52.4 Å². The van der Waals surface area contributed by atoms with E-state index in [1.807, 2.05) is 36.4 Å². The van der Waals surface area contributed by atoms with Gasteiger partial charge in [-0.15, -0.1) is 0 Å². The number of rotatable bonds is 4. The molecule has 5 aromatic carbocycles. The molecule has 0 atom stereocenters. The summed E-state index contributed by atoms with van der Waals surface area (Å²) in [6.45, 7) is 13.5. The Hall–Kier alpha value is -5.15. The highest BCUT2D eigenvalue weighted by Crippen LogP contribution is 2.46. The minimum atomic E-state index is 0.101. The van der Waals surface area contributed by atoms with Crippen molar-refractivity contribution in [2.75, 3.05) is 5.32 Å². The highest BCUT2D eigenvalue weighted by atomic mass is 16.5. The third-order valence-electron chi connectivity index (χ3n) is 8.82. The lowest BCUT2D eigenvalue weighted by Gasteiger charge is -2.23. The van der Waals surface area contributed by atoms with E-state index in [2.05, 4.69) is 138 Å². The van der Waals surface area contributed by atoms with Crippen LogP contribution in [-0.4, -0.2) is 4.98 Å². The Bertz CT molecular complexity index is 1970. The molecule has 0 radical (unpaired) electrons. The average Bonchev–Trinajstić information content (AvgIpc) is 3.06. The van der Waals surface area contributed by atoms with Crippen molar-refractivity contribution in [3.63, 3.8) is 0 Å². The number of nitrogens with one attached hydrogen (secondary N) is 1. The first-order valence-electron chi connectivity index (χ1n) is 16.0.